The van der Waals surface area contributed by atoms with Crippen molar-refractivity contribution in [1.82, 2.24) is 0 Å². The molecule has 0 aromatic rings. The Labute approximate surface area is 169 Å². The van der Waals surface area contributed by atoms with E-state index < -0.39 is 0 Å². The minimum atomic E-state index is 0.747. The third-order valence-electron chi connectivity index (χ3n) is 7.21. The molecule has 2 rings (SSSR count). The van der Waals surface area contributed by atoms with Gasteiger partial charge in [-0.25, -0.2) is 0 Å². The van der Waals surface area contributed by atoms with Gasteiger partial charge in [-0.2, -0.15) is 5.26 Å². The van der Waals surface area contributed by atoms with Crippen LogP contribution in [-0.4, -0.2) is 0 Å². The lowest BCUT2D eigenvalue weighted by molar-refractivity contribution is 0.239. The summed E-state index contributed by atoms with van der Waals surface area (Å²) in [5.74, 6) is 3.85. The summed E-state index contributed by atoms with van der Waals surface area (Å²) in [6.45, 7) is 2.32. The van der Waals surface area contributed by atoms with E-state index >= 15 is 0 Å². The van der Waals surface area contributed by atoms with Crippen molar-refractivity contribution in [1.29, 1.82) is 5.26 Å². The summed E-state index contributed by atoms with van der Waals surface area (Å²) in [6, 6.07) is 2.05. The van der Waals surface area contributed by atoms with Crippen LogP contribution in [0.1, 0.15) is 110 Å². The van der Waals surface area contributed by atoms with Crippen molar-refractivity contribution in [3.63, 3.8) is 0 Å². The molecule has 0 amide bonds. The fourth-order valence-corrected chi connectivity index (χ4v) is 5.35. The maximum Gasteiger partial charge on any atom is 0.0912 e. The fraction of sp³-hybridized carbons (Fsp3) is 0.808. The third-order valence-corrected chi connectivity index (χ3v) is 7.21. The van der Waals surface area contributed by atoms with E-state index in [-0.39, 0.29) is 0 Å². The minimum Gasteiger partial charge on any atom is -0.193 e. The third kappa shape index (κ3) is 9.64. The molecule has 0 unspecified atom stereocenters. The van der Waals surface area contributed by atoms with E-state index in [0.29, 0.717) is 0 Å². The number of unbranched alkanes of at least 4 members (excludes halogenated alkanes) is 3. The van der Waals surface area contributed by atoms with Gasteiger partial charge in [0.25, 0.3) is 0 Å². The molecule has 1 heteroatoms. The number of hydrogen-bond acceptors (Lipinski definition) is 1. The maximum atomic E-state index is 8.50. The molecule has 0 N–H and O–H groups in total. The number of hydrogen-bond donors (Lipinski definition) is 0. The van der Waals surface area contributed by atoms with Gasteiger partial charge in [0.15, 0.2) is 0 Å². The summed E-state index contributed by atoms with van der Waals surface area (Å²) in [5, 5.41) is 8.50. The zero-order chi connectivity index (χ0) is 19.2. The first-order valence-electron chi connectivity index (χ1n) is 12.0. The van der Waals surface area contributed by atoms with Gasteiger partial charge in [-0.3, -0.25) is 0 Å². The van der Waals surface area contributed by atoms with Crippen LogP contribution >= 0.6 is 0 Å². The lowest BCUT2D eigenvalue weighted by Crippen LogP contribution is -2.15. The Morgan fingerprint density at radius 1 is 0.704 bits per heavy atom. The van der Waals surface area contributed by atoms with Crippen molar-refractivity contribution in [2.24, 2.45) is 23.7 Å². The Hall–Kier alpha value is -1.03. The first-order valence-corrected chi connectivity index (χ1v) is 12.0. The predicted octanol–water partition coefficient (Wildman–Crippen LogP) is 8.38. The molecule has 0 heterocycles. The lowest BCUT2D eigenvalue weighted by Gasteiger charge is -2.29. The SMILES string of the molecule is CCCCC[C@H]1CC[C@H](CCCC[C@H]2CC[C@H](C=CC=CC#N)CC2)CC1. The second-order valence-corrected chi connectivity index (χ2v) is 9.32. The molecule has 0 aliphatic heterocycles. The zero-order valence-electron chi connectivity index (χ0n) is 17.9. The summed E-state index contributed by atoms with van der Waals surface area (Å²) in [6.07, 6.45) is 31.1. The minimum absolute atomic E-state index is 0.747. The second-order valence-electron chi connectivity index (χ2n) is 9.32. The van der Waals surface area contributed by atoms with Crippen LogP contribution in [0.2, 0.25) is 0 Å². The van der Waals surface area contributed by atoms with Crippen LogP contribution in [-0.2, 0) is 0 Å². The van der Waals surface area contributed by atoms with E-state index in [1.165, 1.54) is 103 Å². The van der Waals surface area contributed by atoms with Gasteiger partial charge in [0.2, 0.25) is 0 Å². The largest absolute Gasteiger partial charge is 0.193 e. The molecule has 27 heavy (non-hydrogen) atoms. The maximum absolute atomic E-state index is 8.50. The molecule has 1 nitrogen and oxygen atoms in total. The zero-order valence-corrected chi connectivity index (χ0v) is 17.9. The highest BCUT2D eigenvalue weighted by Crippen LogP contribution is 2.36. The first-order chi connectivity index (χ1) is 13.3. The highest BCUT2D eigenvalue weighted by molar-refractivity contribution is 5.12. The van der Waals surface area contributed by atoms with Gasteiger partial charge in [-0.05, 0) is 49.4 Å². The fourth-order valence-electron chi connectivity index (χ4n) is 5.35. The summed E-state index contributed by atoms with van der Waals surface area (Å²) in [4.78, 5) is 0. The van der Waals surface area contributed by atoms with E-state index in [2.05, 4.69) is 19.1 Å². The van der Waals surface area contributed by atoms with Crippen molar-refractivity contribution in [2.75, 3.05) is 0 Å². The highest BCUT2D eigenvalue weighted by Gasteiger charge is 2.21. The molecule has 2 aliphatic carbocycles. The predicted molar refractivity (Wildman–Crippen MR) is 117 cm³/mol. The van der Waals surface area contributed by atoms with Crippen molar-refractivity contribution >= 4 is 0 Å². The van der Waals surface area contributed by atoms with E-state index in [9.17, 15) is 0 Å². The van der Waals surface area contributed by atoms with Gasteiger partial charge in [-0.15, -0.1) is 0 Å². The Morgan fingerprint density at radius 2 is 1.19 bits per heavy atom. The van der Waals surface area contributed by atoms with Crippen molar-refractivity contribution in [3.05, 3.63) is 24.3 Å². The Kier molecular flexibility index (Phi) is 11.6. The second kappa shape index (κ2) is 14.0. The van der Waals surface area contributed by atoms with Crippen molar-refractivity contribution < 1.29 is 0 Å². The monoisotopic (exact) mass is 369 g/mol. The molecular formula is C26H43N. The van der Waals surface area contributed by atoms with Gasteiger partial charge in [0.05, 0.1) is 6.07 Å². The summed E-state index contributed by atoms with van der Waals surface area (Å²) >= 11 is 0. The molecule has 0 radical (unpaired) electrons. The summed E-state index contributed by atoms with van der Waals surface area (Å²) < 4.78 is 0. The van der Waals surface area contributed by atoms with E-state index in [1.807, 2.05) is 12.1 Å². The Bertz CT molecular complexity index is 453. The molecule has 0 aromatic carbocycles. The van der Waals surface area contributed by atoms with E-state index in [1.54, 1.807) is 6.08 Å². The summed E-state index contributed by atoms with van der Waals surface area (Å²) in [5.41, 5.74) is 0. The molecular weight excluding hydrogens is 326 g/mol. The first kappa shape index (κ1) is 22.3. The molecule has 2 fully saturated rings. The average Bonchev–Trinajstić information content (AvgIpc) is 2.71. The number of rotatable bonds is 11. The molecule has 0 atom stereocenters. The number of nitrogens with zero attached hydrogens (tertiary/aromatic N) is 1. The van der Waals surface area contributed by atoms with Gasteiger partial charge >= 0.3 is 0 Å². The van der Waals surface area contributed by atoms with E-state index in [0.717, 1.165) is 23.7 Å². The Balaban J connectivity index is 1.47. The van der Waals surface area contributed by atoms with Crippen LogP contribution in [0.25, 0.3) is 0 Å². The molecule has 2 saturated carbocycles. The number of nitriles is 1. The lowest BCUT2D eigenvalue weighted by atomic mass is 9.77. The molecule has 0 spiro atoms. The van der Waals surface area contributed by atoms with Crippen LogP contribution < -0.4 is 0 Å². The topological polar surface area (TPSA) is 23.8 Å². The highest BCUT2D eigenvalue weighted by atomic mass is 14.3. The quantitative estimate of drug-likeness (QED) is 0.204. The van der Waals surface area contributed by atoms with Crippen molar-refractivity contribution in [3.8, 4) is 6.07 Å². The molecule has 0 saturated heterocycles. The van der Waals surface area contributed by atoms with Crippen LogP contribution in [0.4, 0.5) is 0 Å². The molecule has 0 bridgehead atoms. The van der Waals surface area contributed by atoms with Crippen LogP contribution in [0, 0.1) is 35.0 Å². The Morgan fingerprint density at radius 3 is 1.67 bits per heavy atom. The van der Waals surface area contributed by atoms with E-state index in [4.69, 9.17) is 5.26 Å². The molecule has 152 valence electrons. The van der Waals surface area contributed by atoms with Crippen LogP contribution in [0.15, 0.2) is 24.3 Å². The van der Waals surface area contributed by atoms with Gasteiger partial charge in [0, 0.05) is 6.08 Å². The van der Waals surface area contributed by atoms with Gasteiger partial charge in [0.1, 0.15) is 0 Å². The summed E-state index contributed by atoms with van der Waals surface area (Å²) in [7, 11) is 0. The molecule has 0 aromatic heterocycles. The van der Waals surface area contributed by atoms with Crippen LogP contribution in [0.5, 0.6) is 0 Å². The smallest absolute Gasteiger partial charge is 0.0912 e. The van der Waals surface area contributed by atoms with Gasteiger partial charge < -0.3 is 0 Å². The average molecular weight is 370 g/mol. The van der Waals surface area contributed by atoms with Crippen LogP contribution in [0.3, 0.4) is 0 Å². The van der Waals surface area contributed by atoms with Crippen molar-refractivity contribution in [2.45, 2.75) is 110 Å². The van der Waals surface area contributed by atoms with Gasteiger partial charge in [-0.1, -0.05) is 102 Å². The standard InChI is InChI=1S/C26H43N/c1-2-3-5-10-23-14-18-25(19-15-23)12-7-8-13-26-20-16-24(17-21-26)11-6-4-9-22-27/h4,6,9,11,23-26H,2-3,5,7-8,10,12-21H2,1H3/t23-,24-,25-,26-. The normalized spacial score (nSPS) is 29.3. The molecule has 2 aliphatic rings. The number of allylic oxidation sites excluding steroid dienone is 4.